The number of alkyl halides is 6. The Morgan fingerprint density at radius 2 is 1.57 bits per heavy atom. The summed E-state index contributed by atoms with van der Waals surface area (Å²) in [7, 11) is 0. The van der Waals surface area contributed by atoms with Crippen molar-refractivity contribution in [2.24, 2.45) is 0 Å². The lowest BCUT2D eigenvalue weighted by molar-refractivity contribution is -0.141. The van der Waals surface area contributed by atoms with Gasteiger partial charge in [-0.25, -0.2) is 4.79 Å². The highest BCUT2D eigenvalue weighted by Gasteiger charge is 2.35. The van der Waals surface area contributed by atoms with Gasteiger partial charge in [-0.15, -0.1) is 0 Å². The molecule has 28 heavy (non-hydrogen) atoms. The summed E-state index contributed by atoms with van der Waals surface area (Å²) < 4.78 is 77.3. The highest BCUT2D eigenvalue weighted by molar-refractivity contribution is 5.96. The molecule has 1 atom stereocenters. The lowest BCUT2D eigenvalue weighted by Gasteiger charge is -2.18. The van der Waals surface area contributed by atoms with Gasteiger partial charge >= 0.3 is 18.3 Å². The molecule has 2 rings (SSSR count). The molecule has 2 N–H and O–H groups in total. The molecule has 0 aromatic heterocycles. The second-order valence-electron chi connectivity index (χ2n) is 5.80. The summed E-state index contributed by atoms with van der Waals surface area (Å²) in [6, 6.07) is 5.72. The number of aliphatic carboxylic acids is 1. The topological polar surface area (TPSA) is 66.4 Å². The van der Waals surface area contributed by atoms with E-state index in [4.69, 9.17) is 0 Å². The van der Waals surface area contributed by atoms with Crippen molar-refractivity contribution in [1.82, 2.24) is 5.32 Å². The predicted molar refractivity (Wildman–Crippen MR) is 85.5 cm³/mol. The fraction of sp³-hybridized carbons (Fsp3) is 0.222. The molecule has 2 aromatic rings. The summed E-state index contributed by atoms with van der Waals surface area (Å²) >= 11 is 0. The Morgan fingerprint density at radius 1 is 0.929 bits per heavy atom. The molecular formula is C18H13F6NO3. The van der Waals surface area contributed by atoms with E-state index >= 15 is 0 Å². The van der Waals surface area contributed by atoms with Crippen LogP contribution in [0.5, 0.6) is 0 Å². The third-order valence-corrected chi connectivity index (χ3v) is 3.80. The van der Waals surface area contributed by atoms with Crippen LogP contribution in [0.25, 0.3) is 0 Å². The molecule has 0 saturated heterocycles. The molecule has 0 aliphatic rings. The predicted octanol–water partition coefficient (Wildman–Crippen LogP) is 4.15. The number of hydrogen-bond donors (Lipinski definition) is 2. The Labute approximate surface area is 154 Å². The molecule has 0 radical (unpaired) electrons. The maximum Gasteiger partial charge on any atom is 0.416 e. The monoisotopic (exact) mass is 405 g/mol. The molecule has 0 bridgehead atoms. The fourth-order valence-corrected chi connectivity index (χ4v) is 2.47. The Kier molecular flexibility index (Phi) is 6.01. The van der Waals surface area contributed by atoms with Gasteiger partial charge in [-0.1, -0.05) is 24.3 Å². The van der Waals surface area contributed by atoms with Crippen LogP contribution in [0.15, 0.2) is 48.5 Å². The number of carbonyl (C=O) groups excluding carboxylic acids is 1. The van der Waals surface area contributed by atoms with E-state index in [0.29, 0.717) is 6.07 Å². The van der Waals surface area contributed by atoms with E-state index in [0.717, 1.165) is 36.4 Å². The molecule has 0 aliphatic carbocycles. The summed E-state index contributed by atoms with van der Waals surface area (Å²) in [6.45, 7) is 0. The Morgan fingerprint density at radius 3 is 2.14 bits per heavy atom. The van der Waals surface area contributed by atoms with Gasteiger partial charge in [-0.2, -0.15) is 26.3 Å². The molecule has 10 heteroatoms. The first kappa shape index (κ1) is 21.3. The Hall–Kier alpha value is -3.04. The van der Waals surface area contributed by atoms with Crippen LogP contribution in [-0.4, -0.2) is 23.0 Å². The summed E-state index contributed by atoms with van der Waals surface area (Å²) in [4.78, 5) is 23.5. The zero-order valence-corrected chi connectivity index (χ0v) is 13.9. The second kappa shape index (κ2) is 7.91. The first-order valence-corrected chi connectivity index (χ1v) is 7.75. The molecule has 1 amide bonds. The minimum atomic E-state index is -4.73. The van der Waals surface area contributed by atoms with Crippen LogP contribution < -0.4 is 5.32 Å². The van der Waals surface area contributed by atoms with E-state index in [1.54, 1.807) is 0 Å². The van der Waals surface area contributed by atoms with Crippen LogP contribution >= 0.6 is 0 Å². The van der Waals surface area contributed by atoms with Crippen LogP contribution in [0, 0.1) is 0 Å². The van der Waals surface area contributed by atoms with Crippen LogP contribution in [0.3, 0.4) is 0 Å². The number of halogens is 6. The van der Waals surface area contributed by atoms with Crippen LogP contribution in [0.4, 0.5) is 26.3 Å². The summed E-state index contributed by atoms with van der Waals surface area (Å²) in [5.41, 5.74) is -3.01. The first-order valence-electron chi connectivity index (χ1n) is 7.75. The zero-order valence-electron chi connectivity index (χ0n) is 13.9. The highest BCUT2D eigenvalue weighted by atomic mass is 19.4. The second-order valence-corrected chi connectivity index (χ2v) is 5.80. The van der Waals surface area contributed by atoms with E-state index < -0.39 is 53.4 Å². The number of carbonyl (C=O) groups is 2. The van der Waals surface area contributed by atoms with Crippen molar-refractivity contribution in [2.45, 2.75) is 24.8 Å². The van der Waals surface area contributed by atoms with Gasteiger partial charge in [0.2, 0.25) is 0 Å². The largest absolute Gasteiger partial charge is 0.480 e. The van der Waals surface area contributed by atoms with Crippen LogP contribution in [0.2, 0.25) is 0 Å². The van der Waals surface area contributed by atoms with Crippen molar-refractivity contribution < 1.29 is 41.0 Å². The summed E-state index contributed by atoms with van der Waals surface area (Å²) in [5, 5.41) is 11.2. The Bertz CT molecular complexity index is 876. The van der Waals surface area contributed by atoms with Crippen molar-refractivity contribution in [1.29, 1.82) is 0 Å². The van der Waals surface area contributed by atoms with Gasteiger partial charge in [-0.3, -0.25) is 4.79 Å². The van der Waals surface area contributed by atoms with Crippen LogP contribution in [0.1, 0.15) is 27.0 Å². The quantitative estimate of drug-likeness (QED) is 0.735. The smallest absolute Gasteiger partial charge is 0.416 e. The number of nitrogens with one attached hydrogen (secondary N) is 1. The zero-order chi connectivity index (χ0) is 21.1. The van der Waals surface area contributed by atoms with Crippen molar-refractivity contribution >= 4 is 11.9 Å². The number of amides is 1. The van der Waals surface area contributed by atoms with Crippen LogP contribution in [-0.2, 0) is 23.6 Å². The van der Waals surface area contributed by atoms with Gasteiger partial charge in [0.15, 0.2) is 0 Å². The van der Waals surface area contributed by atoms with Crippen molar-refractivity contribution in [3.05, 3.63) is 70.8 Å². The molecule has 0 unspecified atom stereocenters. The molecule has 0 heterocycles. The molecular weight excluding hydrogens is 392 g/mol. The van der Waals surface area contributed by atoms with Crippen molar-refractivity contribution in [2.75, 3.05) is 0 Å². The molecule has 0 saturated carbocycles. The molecule has 0 fully saturated rings. The minimum absolute atomic E-state index is 0.369. The van der Waals surface area contributed by atoms with Gasteiger partial charge in [0, 0.05) is 12.0 Å². The normalized spacial score (nSPS) is 13.1. The molecule has 2 aromatic carbocycles. The minimum Gasteiger partial charge on any atom is -0.480 e. The number of hydrogen-bond acceptors (Lipinski definition) is 2. The lowest BCUT2D eigenvalue weighted by atomic mass is 9.99. The SMILES string of the molecule is O=C(N[C@H](Cc1ccccc1C(F)(F)F)C(=O)O)c1cccc(C(F)(F)F)c1. The lowest BCUT2D eigenvalue weighted by Crippen LogP contribution is -2.42. The van der Waals surface area contributed by atoms with E-state index in [1.165, 1.54) is 6.07 Å². The number of rotatable bonds is 5. The summed E-state index contributed by atoms with van der Waals surface area (Å²) in [6.07, 6.45) is -10.1. The molecule has 4 nitrogen and oxygen atoms in total. The van der Waals surface area contributed by atoms with E-state index in [1.807, 2.05) is 5.32 Å². The standard InChI is InChI=1S/C18H13F6NO3/c19-17(20,21)12-6-3-5-11(8-12)15(26)25-14(16(27)28)9-10-4-1-2-7-13(10)18(22,23)24/h1-8,14H,9H2,(H,25,26)(H,27,28)/t14-/m1/s1. The third-order valence-electron chi connectivity index (χ3n) is 3.80. The number of carboxylic acids is 1. The average molecular weight is 405 g/mol. The van der Waals surface area contributed by atoms with Crippen molar-refractivity contribution in [3.8, 4) is 0 Å². The van der Waals surface area contributed by atoms with E-state index in [9.17, 15) is 41.0 Å². The number of carboxylic acid groups (broad SMARTS) is 1. The molecule has 0 spiro atoms. The van der Waals surface area contributed by atoms with Gasteiger partial charge < -0.3 is 10.4 Å². The van der Waals surface area contributed by atoms with Gasteiger partial charge in [0.1, 0.15) is 6.04 Å². The van der Waals surface area contributed by atoms with Gasteiger partial charge in [-0.05, 0) is 29.8 Å². The summed E-state index contributed by atoms with van der Waals surface area (Å²) in [5.74, 6) is -2.78. The van der Waals surface area contributed by atoms with E-state index in [-0.39, 0.29) is 5.56 Å². The van der Waals surface area contributed by atoms with Gasteiger partial charge in [0.05, 0.1) is 11.1 Å². The fourth-order valence-electron chi connectivity index (χ4n) is 2.47. The number of benzene rings is 2. The van der Waals surface area contributed by atoms with E-state index in [2.05, 4.69) is 0 Å². The highest BCUT2D eigenvalue weighted by Crippen LogP contribution is 2.32. The molecule has 150 valence electrons. The maximum atomic E-state index is 13.0. The first-order chi connectivity index (χ1) is 12.9. The maximum absolute atomic E-state index is 13.0. The van der Waals surface area contributed by atoms with Gasteiger partial charge in [0.25, 0.3) is 5.91 Å². The molecule has 0 aliphatic heterocycles. The third kappa shape index (κ3) is 5.24. The average Bonchev–Trinajstić information content (AvgIpc) is 2.60. The Balaban J connectivity index is 2.26. The van der Waals surface area contributed by atoms with Crippen molar-refractivity contribution in [3.63, 3.8) is 0 Å².